The van der Waals surface area contributed by atoms with Crippen molar-refractivity contribution >= 4 is 35.8 Å². The fraction of sp³-hybridized carbons (Fsp3) is 0.750. The number of likely N-dealkylation sites (tertiary alicyclic amines) is 1. The maximum atomic E-state index is 12.6. The molecule has 0 bridgehead atoms. The first-order chi connectivity index (χ1) is 11.8. The van der Waals surface area contributed by atoms with Gasteiger partial charge in [-0.25, -0.2) is 0 Å². The molecule has 4 atom stereocenters. The van der Waals surface area contributed by atoms with Gasteiger partial charge in [0, 0.05) is 6.54 Å². The quantitative estimate of drug-likeness (QED) is 0.459. The standard InChI is InChI=1S/C16H28N4O4S/c1-10(17)14(22)18-11(2)16(24)20-7-4-5-13(20)15(23)19-12(9-21)6-8-25-3/h9-13H,4-8,17H2,1-3H3,(H,18,22)(H,19,23)/t10-,11-,12-,13-/m0/s1. The molecule has 25 heavy (non-hydrogen) atoms. The molecule has 8 nitrogen and oxygen atoms in total. The highest BCUT2D eigenvalue weighted by molar-refractivity contribution is 7.98. The molecule has 0 spiro atoms. The van der Waals surface area contributed by atoms with E-state index in [0.717, 1.165) is 12.0 Å². The van der Waals surface area contributed by atoms with Crippen LogP contribution >= 0.6 is 11.8 Å². The number of rotatable bonds is 9. The molecular weight excluding hydrogens is 344 g/mol. The van der Waals surface area contributed by atoms with Gasteiger partial charge in [0.05, 0.1) is 12.1 Å². The predicted octanol–water partition coefficient (Wildman–Crippen LogP) is -0.734. The lowest BCUT2D eigenvalue weighted by Crippen LogP contribution is -2.55. The van der Waals surface area contributed by atoms with Gasteiger partial charge in [0.25, 0.3) is 0 Å². The molecule has 4 N–H and O–H groups in total. The first kappa shape index (κ1) is 21.4. The van der Waals surface area contributed by atoms with Crippen LogP contribution in [0.5, 0.6) is 0 Å². The molecule has 1 aliphatic rings. The van der Waals surface area contributed by atoms with E-state index in [1.54, 1.807) is 18.7 Å². The Kier molecular flexibility index (Phi) is 8.91. The van der Waals surface area contributed by atoms with Gasteiger partial charge in [-0.15, -0.1) is 0 Å². The van der Waals surface area contributed by atoms with Crippen molar-refractivity contribution in [2.75, 3.05) is 18.6 Å². The van der Waals surface area contributed by atoms with Crippen LogP contribution in [0.15, 0.2) is 0 Å². The summed E-state index contributed by atoms with van der Waals surface area (Å²) in [4.78, 5) is 49.3. The number of amides is 3. The van der Waals surface area contributed by atoms with Crippen molar-refractivity contribution in [1.29, 1.82) is 0 Å². The normalized spacial score (nSPS) is 20.5. The third kappa shape index (κ3) is 6.32. The SMILES string of the molecule is CSCC[C@@H](C=O)NC(=O)[C@@H]1CCCN1C(=O)[C@H](C)NC(=O)[C@H](C)N. The summed E-state index contributed by atoms with van der Waals surface area (Å²) < 4.78 is 0. The molecule has 3 amide bonds. The molecule has 9 heteroatoms. The highest BCUT2D eigenvalue weighted by Crippen LogP contribution is 2.19. The minimum absolute atomic E-state index is 0.321. The molecule has 0 aromatic carbocycles. The van der Waals surface area contributed by atoms with Gasteiger partial charge in [-0.1, -0.05) is 0 Å². The Bertz CT molecular complexity index is 501. The summed E-state index contributed by atoms with van der Waals surface area (Å²) in [6.45, 7) is 3.56. The summed E-state index contributed by atoms with van der Waals surface area (Å²) >= 11 is 1.60. The molecule has 1 rings (SSSR count). The molecule has 1 aliphatic heterocycles. The minimum Gasteiger partial charge on any atom is -0.345 e. The number of aldehydes is 1. The van der Waals surface area contributed by atoms with E-state index in [9.17, 15) is 19.2 Å². The second-order valence-electron chi connectivity index (χ2n) is 6.24. The van der Waals surface area contributed by atoms with E-state index in [2.05, 4.69) is 10.6 Å². The van der Waals surface area contributed by atoms with Crippen LogP contribution < -0.4 is 16.4 Å². The Hall–Kier alpha value is -1.61. The molecule has 0 aliphatic carbocycles. The lowest BCUT2D eigenvalue weighted by atomic mass is 10.1. The van der Waals surface area contributed by atoms with E-state index >= 15 is 0 Å². The van der Waals surface area contributed by atoms with Gasteiger partial charge in [0.1, 0.15) is 18.4 Å². The summed E-state index contributed by atoms with van der Waals surface area (Å²) in [5.74, 6) is -0.301. The van der Waals surface area contributed by atoms with Crippen LogP contribution in [0.2, 0.25) is 0 Å². The lowest BCUT2D eigenvalue weighted by molar-refractivity contribution is -0.141. The average Bonchev–Trinajstić information content (AvgIpc) is 3.07. The van der Waals surface area contributed by atoms with Gasteiger partial charge >= 0.3 is 0 Å². The van der Waals surface area contributed by atoms with Crippen molar-refractivity contribution in [3.8, 4) is 0 Å². The molecule has 142 valence electrons. The van der Waals surface area contributed by atoms with Crippen LogP contribution in [-0.2, 0) is 19.2 Å². The number of nitrogens with zero attached hydrogens (tertiary/aromatic N) is 1. The van der Waals surface area contributed by atoms with E-state index in [0.29, 0.717) is 25.8 Å². The Balaban J connectivity index is 2.67. The predicted molar refractivity (Wildman–Crippen MR) is 97.0 cm³/mol. The molecule has 0 aromatic rings. The Morgan fingerprint density at radius 2 is 2.00 bits per heavy atom. The maximum absolute atomic E-state index is 12.6. The fourth-order valence-corrected chi connectivity index (χ4v) is 3.15. The van der Waals surface area contributed by atoms with Crippen LogP contribution in [0.4, 0.5) is 0 Å². The zero-order valence-corrected chi connectivity index (χ0v) is 15.8. The van der Waals surface area contributed by atoms with E-state index in [4.69, 9.17) is 5.73 Å². The van der Waals surface area contributed by atoms with Crippen molar-refractivity contribution in [3.05, 3.63) is 0 Å². The highest BCUT2D eigenvalue weighted by atomic mass is 32.2. The minimum atomic E-state index is -0.759. The molecule has 0 saturated carbocycles. The zero-order chi connectivity index (χ0) is 19.0. The molecule has 1 saturated heterocycles. The topological polar surface area (TPSA) is 122 Å². The molecule has 1 fully saturated rings. The van der Waals surface area contributed by atoms with Gasteiger partial charge in [-0.3, -0.25) is 14.4 Å². The summed E-state index contributed by atoms with van der Waals surface area (Å²) in [6.07, 6.45) is 4.45. The summed E-state index contributed by atoms with van der Waals surface area (Å²) in [5, 5.41) is 5.25. The van der Waals surface area contributed by atoms with Crippen molar-refractivity contribution in [3.63, 3.8) is 0 Å². The molecule has 0 unspecified atom stereocenters. The second-order valence-corrected chi connectivity index (χ2v) is 7.23. The largest absolute Gasteiger partial charge is 0.345 e. The van der Waals surface area contributed by atoms with Gasteiger partial charge < -0.3 is 26.1 Å². The van der Waals surface area contributed by atoms with Crippen molar-refractivity contribution in [2.45, 2.75) is 57.3 Å². The average molecular weight is 372 g/mol. The van der Waals surface area contributed by atoms with E-state index in [1.807, 2.05) is 6.26 Å². The van der Waals surface area contributed by atoms with Gasteiger partial charge in [-0.2, -0.15) is 11.8 Å². The smallest absolute Gasteiger partial charge is 0.245 e. The third-order valence-corrected chi connectivity index (χ3v) is 4.75. The molecule has 0 radical (unpaired) electrons. The van der Waals surface area contributed by atoms with E-state index < -0.39 is 30.1 Å². The van der Waals surface area contributed by atoms with Crippen molar-refractivity contribution in [2.24, 2.45) is 5.73 Å². The molecular formula is C16H28N4O4S. The van der Waals surface area contributed by atoms with Crippen LogP contribution in [0, 0.1) is 0 Å². The summed E-state index contributed by atoms with van der Waals surface area (Å²) in [5.41, 5.74) is 5.49. The van der Waals surface area contributed by atoms with Gasteiger partial charge in [0.2, 0.25) is 17.7 Å². The number of hydrogen-bond acceptors (Lipinski definition) is 6. The molecule has 1 heterocycles. The van der Waals surface area contributed by atoms with Crippen LogP contribution in [0.1, 0.15) is 33.1 Å². The van der Waals surface area contributed by atoms with Gasteiger partial charge in [-0.05, 0) is 45.1 Å². The van der Waals surface area contributed by atoms with Crippen LogP contribution in [0.25, 0.3) is 0 Å². The Morgan fingerprint density at radius 1 is 1.32 bits per heavy atom. The highest BCUT2D eigenvalue weighted by Gasteiger charge is 2.37. The lowest BCUT2D eigenvalue weighted by Gasteiger charge is -2.28. The number of nitrogens with two attached hydrogens (primary N) is 1. The van der Waals surface area contributed by atoms with Crippen molar-refractivity contribution in [1.82, 2.24) is 15.5 Å². The first-order valence-corrected chi connectivity index (χ1v) is 9.82. The van der Waals surface area contributed by atoms with Crippen molar-refractivity contribution < 1.29 is 19.2 Å². The number of nitrogens with one attached hydrogen (secondary N) is 2. The second kappa shape index (κ2) is 10.4. The Labute approximate surface area is 152 Å². The van der Waals surface area contributed by atoms with Gasteiger partial charge in [0.15, 0.2) is 0 Å². The summed E-state index contributed by atoms with van der Waals surface area (Å²) in [6, 6.07) is -2.63. The maximum Gasteiger partial charge on any atom is 0.245 e. The number of thioether (sulfide) groups is 1. The summed E-state index contributed by atoms with van der Waals surface area (Å²) in [7, 11) is 0. The zero-order valence-electron chi connectivity index (χ0n) is 15.0. The monoisotopic (exact) mass is 372 g/mol. The fourth-order valence-electron chi connectivity index (χ4n) is 2.66. The Morgan fingerprint density at radius 3 is 2.56 bits per heavy atom. The third-order valence-electron chi connectivity index (χ3n) is 4.11. The van der Waals surface area contributed by atoms with E-state index in [-0.39, 0.29) is 11.8 Å². The number of carbonyl (C=O) groups is 4. The first-order valence-electron chi connectivity index (χ1n) is 8.42. The van der Waals surface area contributed by atoms with Crippen LogP contribution in [-0.4, -0.2) is 71.6 Å². The van der Waals surface area contributed by atoms with E-state index in [1.165, 1.54) is 11.8 Å². The number of hydrogen-bond donors (Lipinski definition) is 3. The van der Waals surface area contributed by atoms with Crippen LogP contribution in [0.3, 0.4) is 0 Å². The number of carbonyl (C=O) groups excluding carboxylic acids is 4. The molecule has 0 aromatic heterocycles.